The highest BCUT2D eigenvalue weighted by Gasteiger charge is 2.24. The van der Waals surface area contributed by atoms with E-state index in [9.17, 15) is 4.79 Å². The van der Waals surface area contributed by atoms with E-state index in [1.807, 2.05) is 96.4 Å². The Morgan fingerprint density at radius 2 is 1.52 bits per heavy atom. The average Bonchev–Trinajstić information content (AvgIpc) is 3.03. The van der Waals surface area contributed by atoms with Crippen molar-refractivity contribution in [2.24, 2.45) is 0 Å². The van der Waals surface area contributed by atoms with E-state index in [-0.39, 0.29) is 12.6 Å². The molecule has 0 spiro atoms. The minimum absolute atomic E-state index is 0.187. The molecule has 0 unspecified atom stereocenters. The highest BCUT2D eigenvalue weighted by atomic mass is 16.5. The molecule has 0 fully saturated rings. The molecular weight excluding hydrogens is 336 g/mol. The molecule has 2 aromatic carbocycles. The monoisotopic (exact) mass is 356 g/mol. The molecule has 2 heterocycles. The second kappa shape index (κ2) is 7.46. The minimum atomic E-state index is -0.452. The fourth-order valence-corrected chi connectivity index (χ4v) is 3.32. The summed E-state index contributed by atoms with van der Waals surface area (Å²) >= 11 is 0. The largest absolute Gasteiger partial charge is 0.458 e. The lowest BCUT2D eigenvalue weighted by Crippen LogP contribution is -2.18. The molecule has 0 amide bonds. The molecule has 2 aromatic heterocycles. The van der Waals surface area contributed by atoms with E-state index in [1.54, 1.807) is 0 Å². The second-order valence-electron chi connectivity index (χ2n) is 6.43. The zero-order valence-corrected chi connectivity index (χ0v) is 15.1. The molecule has 4 rings (SSSR count). The molecule has 4 nitrogen and oxygen atoms in total. The maximum Gasteiger partial charge on any atom is 0.318 e. The van der Waals surface area contributed by atoms with E-state index in [0.29, 0.717) is 0 Å². The SMILES string of the molecule is Cc1nc2ccccn2c1COC(=O)C(c1ccccc1)c1ccccc1. The Kier molecular flexibility index (Phi) is 4.71. The zero-order valence-electron chi connectivity index (χ0n) is 15.1. The van der Waals surface area contributed by atoms with Crippen LogP contribution in [0, 0.1) is 6.92 Å². The van der Waals surface area contributed by atoms with Crippen LogP contribution >= 0.6 is 0 Å². The summed E-state index contributed by atoms with van der Waals surface area (Å²) < 4.78 is 7.71. The van der Waals surface area contributed by atoms with Gasteiger partial charge in [-0.15, -0.1) is 0 Å². The van der Waals surface area contributed by atoms with E-state index in [2.05, 4.69) is 4.98 Å². The molecule has 27 heavy (non-hydrogen) atoms. The number of nitrogens with zero attached hydrogens (tertiary/aromatic N) is 2. The Labute approximate surface area is 158 Å². The van der Waals surface area contributed by atoms with Crippen molar-refractivity contribution in [2.45, 2.75) is 19.4 Å². The number of rotatable bonds is 5. The van der Waals surface area contributed by atoms with Crippen molar-refractivity contribution in [2.75, 3.05) is 0 Å². The predicted molar refractivity (Wildman–Crippen MR) is 104 cm³/mol. The maximum atomic E-state index is 13.0. The van der Waals surface area contributed by atoms with Gasteiger partial charge >= 0.3 is 5.97 Å². The molecule has 0 aliphatic rings. The van der Waals surface area contributed by atoms with Gasteiger partial charge in [0.2, 0.25) is 0 Å². The number of fused-ring (bicyclic) bond motifs is 1. The maximum absolute atomic E-state index is 13.0. The number of ether oxygens (including phenoxy) is 1. The van der Waals surface area contributed by atoms with E-state index >= 15 is 0 Å². The van der Waals surface area contributed by atoms with Crippen molar-refractivity contribution in [1.82, 2.24) is 9.38 Å². The summed E-state index contributed by atoms with van der Waals surface area (Å²) in [6.45, 7) is 2.12. The number of benzene rings is 2. The summed E-state index contributed by atoms with van der Waals surface area (Å²) in [6.07, 6.45) is 1.93. The molecule has 0 bridgehead atoms. The lowest BCUT2D eigenvalue weighted by molar-refractivity contribution is -0.145. The number of hydrogen-bond donors (Lipinski definition) is 0. The highest BCUT2D eigenvalue weighted by Crippen LogP contribution is 2.26. The summed E-state index contributed by atoms with van der Waals surface area (Å²) in [5.74, 6) is -0.718. The Hall–Kier alpha value is -3.40. The Balaban J connectivity index is 1.62. The van der Waals surface area contributed by atoms with E-state index in [1.165, 1.54) is 0 Å². The lowest BCUT2D eigenvalue weighted by atomic mass is 9.91. The molecule has 134 valence electrons. The number of aryl methyl sites for hydroxylation is 1. The van der Waals surface area contributed by atoms with Crippen molar-refractivity contribution in [3.05, 3.63) is 108 Å². The van der Waals surface area contributed by atoms with Crippen LogP contribution in [0.3, 0.4) is 0 Å². The van der Waals surface area contributed by atoms with Gasteiger partial charge in [-0.05, 0) is 30.2 Å². The summed E-state index contributed by atoms with van der Waals surface area (Å²) in [5, 5.41) is 0. The fourth-order valence-electron chi connectivity index (χ4n) is 3.32. The number of pyridine rings is 1. The number of carbonyl (C=O) groups excluding carboxylic acids is 1. The van der Waals surface area contributed by atoms with Crippen LogP contribution in [-0.2, 0) is 16.1 Å². The summed E-state index contributed by atoms with van der Waals surface area (Å²) in [7, 11) is 0. The first-order valence-electron chi connectivity index (χ1n) is 8.93. The Morgan fingerprint density at radius 3 is 2.15 bits per heavy atom. The van der Waals surface area contributed by atoms with E-state index < -0.39 is 5.92 Å². The quantitative estimate of drug-likeness (QED) is 0.494. The van der Waals surface area contributed by atoms with Gasteiger partial charge in [0.1, 0.15) is 18.2 Å². The van der Waals surface area contributed by atoms with Crippen LogP contribution in [0.5, 0.6) is 0 Å². The van der Waals surface area contributed by atoms with E-state index in [0.717, 1.165) is 28.2 Å². The Morgan fingerprint density at radius 1 is 0.926 bits per heavy atom. The highest BCUT2D eigenvalue weighted by molar-refractivity contribution is 5.82. The lowest BCUT2D eigenvalue weighted by Gasteiger charge is -2.17. The summed E-state index contributed by atoms with van der Waals surface area (Å²) in [5.41, 5.74) is 4.44. The van der Waals surface area contributed by atoms with Crippen molar-refractivity contribution < 1.29 is 9.53 Å². The van der Waals surface area contributed by atoms with Gasteiger partial charge in [-0.1, -0.05) is 66.7 Å². The Bertz CT molecular complexity index is 1020. The van der Waals surface area contributed by atoms with Crippen LogP contribution in [0.25, 0.3) is 5.65 Å². The van der Waals surface area contributed by atoms with Crippen molar-refractivity contribution in [3.63, 3.8) is 0 Å². The van der Waals surface area contributed by atoms with Crippen molar-refractivity contribution >= 4 is 11.6 Å². The number of imidazole rings is 1. The van der Waals surface area contributed by atoms with Crippen LogP contribution in [0.4, 0.5) is 0 Å². The van der Waals surface area contributed by atoms with Crippen LogP contribution < -0.4 is 0 Å². The number of hydrogen-bond acceptors (Lipinski definition) is 3. The molecule has 0 saturated carbocycles. The second-order valence-corrected chi connectivity index (χ2v) is 6.43. The fraction of sp³-hybridized carbons (Fsp3) is 0.130. The first kappa shape index (κ1) is 17.0. The first-order valence-corrected chi connectivity index (χ1v) is 8.93. The van der Waals surface area contributed by atoms with E-state index in [4.69, 9.17) is 4.74 Å². The molecule has 0 N–H and O–H groups in total. The third-order valence-corrected chi connectivity index (χ3v) is 4.68. The van der Waals surface area contributed by atoms with Gasteiger partial charge in [-0.25, -0.2) is 4.98 Å². The number of esters is 1. The van der Waals surface area contributed by atoms with Crippen LogP contribution in [0.2, 0.25) is 0 Å². The minimum Gasteiger partial charge on any atom is -0.458 e. The molecule has 0 saturated heterocycles. The molecule has 0 radical (unpaired) electrons. The zero-order chi connectivity index (χ0) is 18.6. The first-order chi connectivity index (χ1) is 13.2. The molecule has 4 aromatic rings. The third kappa shape index (κ3) is 3.47. The molecule has 0 atom stereocenters. The third-order valence-electron chi connectivity index (χ3n) is 4.68. The van der Waals surface area contributed by atoms with Gasteiger partial charge in [0, 0.05) is 6.20 Å². The van der Waals surface area contributed by atoms with Gasteiger partial charge in [-0.2, -0.15) is 0 Å². The van der Waals surface area contributed by atoms with Crippen LogP contribution in [0.1, 0.15) is 28.4 Å². The number of carbonyl (C=O) groups is 1. The van der Waals surface area contributed by atoms with Gasteiger partial charge in [0.15, 0.2) is 0 Å². The van der Waals surface area contributed by atoms with Gasteiger partial charge < -0.3 is 9.14 Å². The smallest absolute Gasteiger partial charge is 0.318 e. The van der Waals surface area contributed by atoms with Crippen LogP contribution in [0.15, 0.2) is 85.1 Å². The number of aromatic nitrogens is 2. The molecule has 0 aliphatic carbocycles. The molecule has 0 aliphatic heterocycles. The van der Waals surface area contributed by atoms with Gasteiger partial charge in [0.25, 0.3) is 0 Å². The van der Waals surface area contributed by atoms with Gasteiger partial charge in [-0.3, -0.25) is 4.79 Å². The molecular formula is C23H20N2O2. The summed E-state index contributed by atoms with van der Waals surface area (Å²) in [6, 6.07) is 25.3. The van der Waals surface area contributed by atoms with Crippen LogP contribution in [-0.4, -0.2) is 15.4 Å². The van der Waals surface area contributed by atoms with Crippen molar-refractivity contribution in [1.29, 1.82) is 0 Å². The van der Waals surface area contributed by atoms with Gasteiger partial charge in [0.05, 0.1) is 11.4 Å². The predicted octanol–water partition coefficient (Wildman–Crippen LogP) is 4.52. The topological polar surface area (TPSA) is 43.6 Å². The molecule has 4 heteroatoms. The summed E-state index contributed by atoms with van der Waals surface area (Å²) in [4.78, 5) is 17.6. The van der Waals surface area contributed by atoms with Crippen molar-refractivity contribution in [3.8, 4) is 0 Å². The average molecular weight is 356 g/mol. The standard InChI is InChI=1S/C23H20N2O2/c1-17-20(25-15-9-8-14-21(25)24-17)16-27-23(26)22(18-10-4-2-5-11-18)19-12-6-3-7-13-19/h2-15,22H,16H2,1H3. The normalized spacial score (nSPS) is 11.0.